The number of anilines is 1. The summed E-state index contributed by atoms with van der Waals surface area (Å²) in [5, 5.41) is 2.64. The van der Waals surface area contributed by atoms with Crippen molar-refractivity contribution in [3.05, 3.63) is 23.8 Å². The molecule has 1 aromatic carbocycles. The smallest absolute Gasteiger partial charge is 0.153 e. The highest BCUT2D eigenvalue weighted by Gasteiger charge is 2.17. The summed E-state index contributed by atoms with van der Waals surface area (Å²) in [6, 6.07) is 2.38. The van der Waals surface area contributed by atoms with Crippen LogP contribution in [0.1, 0.15) is 41.5 Å². The molecular formula is C15H22F2N2O. The van der Waals surface area contributed by atoms with Crippen LogP contribution in [0, 0.1) is 11.6 Å². The fourth-order valence-electron chi connectivity index (χ4n) is 1.68. The van der Waals surface area contributed by atoms with E-state index < -0.39 is 17.2 Å². The van der Waals surface area contributed by atoms with Gasteiger partial charge in [-0.1, -0.05) is 0 Å². The van der Waals surface area contributed by atoms with Gasteiger partial charge in [-0.05, 0) is 41.5 Å². The Morgan fingerprint density at radius 3 is 2.10 bits per heavy atom. The second-order valence-electron chi connectivity index (χ2n) is 5.91. The molecule has 0 spiro atoms. The summed E-state index contributed by atoms with van der Waals surface area (Å²) in [7, 11) is 0. The standard InChI is InChI=1S/C15H22F2N2O/c1-9(2)18-10(3)19-14-12(16)7-11(8-13(14)17)20-15(4,5)6/h7-9H,1-6H3,(H,18,19). The molecule has 0 bridgehead atoms. The Hall–Kier alpha value is -1.65. The van der Waals surface area contributed by atoms with Gasteiger partial charge in [-0.3, -0.25) is 4.99 Å². The lowest BCUT2D eigenvalue weighted by molar-refractivity contribution is 0.130. The van der Waals surface area contributed by atoms with Crippen molar-refractivity contribution in [3.63, 3.8) is 0 Å². The van der Waals surface area contributed by atoms with Crippen molar-refractivity contribution in [2.45, 2.75) is 53.2 Å². The van der Waals surface area contributed by atoms with Crippen LogP contribution in [0.25, 0.3) is 0 Å². The second-order valence-corrected chi connectivity index (χ2v) is 5.91. The third-order valence-electron chi connectivity index (χ3n) is 2.20. The highest BCUT2D eigenvalue weighted by atomic mass is 19.1. The van der Waals surface area contributed by atoms with E-state index in [1.165, 1.54) is 12.1 Å². The summed E-state index contributed by atoms with van der Waals surface area (Å²) in [5.74, 6) is -0.788. The number of hydrogen-bond donors (Lipinski definition) is 1. The van der Waals surface area contributed by atoms with Crippen LogP contribution in [-0.2, 0) is 0 Å². The molecule has 0 saturated carbocycles. The fraction of sp³-hybridized carbons (Fsp3) is 0.533. The van der Waals surface area contributed by atoms with Crippen molar-refractivity contribution in [3.8, 4) is 5.75 Å². The lowest BCUT2D eigenvalue weighted by Crippen LogP contribution is -2.23. The molecule has 112 valence electrons. The van der Waals surface area contributed by atoms with E-state index >= 15 is 0 Å². The monoisotopic (exact) mass is 284 g/mol. The van der Waals surface area contributed by atoms with E-state index in [0.29, 0.717) is 5.84 Å². The molecule has 0 radical (unpaired) electrons. The molecule has 1 aromatic rings. The van der Waals surface area contributed by atoms with Crippen LogP contribution in [0.5, 0.6) is 5.75 Å². The predicted molar refractivity (Wildman–Crippen MR) is 78.6 cm³/mol. The molecule has 3 nitrogen and oxygen atoms in total. The number of amidine groups is 1. The Kier molecular flexibility index (Phi) is 5.09. The van der Waals surface area contributed by atoms with Crippen molar-refractivity contribution in [1.82, 2.24) is 0 Å². The van der Waals surface area contributed by atoms with Crippen LogP contribution in [0.2, 0.25) is 0 Å². The summed E-state index contributed by atoms with van der Waals surface area (Å²) in [4.78, 5) is 4.18. The first-order valence-electron chi connectivity index (χ1n) is 6.58. The summed E-state index contributed by atoms with van der Waals surface area (Å²) < 4.78 is 33.3. The van der Waals surface area contributed by atoms with Crippen molar-refractivity contribution in [2.75, 3.05) is 5.32 Å². The number of rotatable bonds is 3. The van der Waals surface area contributed by atoms with Crippen LogP contribution >= 0.6 is 0 Å². The molecule has 20 heavy (non-hydrogen) atoms. The van der Waals surface area contributed by atoms with Gasteiger partial charge in [-0.2, -0.15) is 0 Å². The molecule has 5 heteroatoms. The minimum absolute atomic E-state index is 0.0529. The number of aliphatic imine (C=N–C) groups is 1. The molecule has 1 N–H and O–H groups in total. The van der Waals surface area contributed by atoms with E-state index in [9.17, 15) is 8.78 Å². The topological polar surface area (TPSA) is 33.6 Å². The van der Waals surface area contributed by atoms with E-state index in [4.69, 9.17) is 4.74 Å². The fourth-order valence-corrected chi connectivity index (χ4v) is 1.68. The van der Waals surface area contributed by atoms with Gasteiger partial charge in [-0.25, -0.2) is 8.78 Å². The van der Waals surface area contributed by atoms with Crippen molar-refractivity contribution >= 4 is 11.5 Å². The maximum atomic E-state index is 13.9. The molecule has 0 atom stereocenters. The number of ether oxygens (including phenoxy) is 1. The highest BCUT2D eigenvalue weighted by Crippen LogP contribution is 2.27. The average molecular weight is 284 g/mol. The number of benzene rings is 1. The Bertz CT molecular complexity index is 482. The van der Waals surface area contributed by atoms with Gasteiger partial charge in [0.2, 0.25) is 0 Å². The zero-order valence-corrected chi connectivity index (χ0v) is 12.8. The number of halogens is 2. The van der Waals surface area contributed by atoms with Crippen molar-refractivity contribution in [2.24, 2.45) is 4.99 Å². The first-order valence-corrected chi connectivity index (χ1v) is 6.58. The number of hydrogen-bond acceptors (Lipinski definition) is 2. The summed E-state index contributed by atoms with van der Waals surface area (Å²) in [5.41, 5.74) is -0.726. The minimum atomic E-state index is -0.706. The molecule has 0 aliphatic heterocycles. The normalized spacial score (nSPS) is 12.8. The lowest BCUT2D eigenvalue weighted by Gasteiger charge is -2.22. The molecular weight excluding hydrogens is 262 g/mol. The predicted octanol–water partition coefficient (Wildman–Crippen LogP) is 4.38. The molecule has 0 aliphatic rings. The number of nitrogens with zero attached hydrogens (tertiary/aromatic N) is 1. The SMILES string of the molecule is CC(=NC(C)C)Nc1c(F)cc(OC(C)(C)C)cc1F. The van der Waals surface area contributed by atoms with E-state index in [2.05, 4.69) is 10.3 Å². The number of nitrogens with one attached hydrogen (secondary N) is 1. The van der Waals surface area contributed by atoms with Gasteiger partial charge >= 0.3 is 0 Å². The van der Waals surface area contributed by atoms with Crippen LogP contribution in [0.15, 0.2) is 17.1 Å². The third kappa shape index (κ3) is 5.15. The first kappa shape index (κ1) is 16.4. The Balaban J connectivity index is 3.01. The van der Waals surface area contributed by atoms with Gasteiger partial charge in [0.25, 0.3) is 0 Å². The quantitative estimate of drug-likeness (QED) is 0.660. The zero-order valence-electron chi connectivity index (χ0n) is 12.8. The lowest BCUT2D eigenvalue weighted by atomic mass is 10.2. The summed E-state index contributed by atoms with van der Waals surface area (Å²) in [6.45, 7) is 10.9. The molecule has 0 fully saturated rings. The van der Waals surface area contributed by atoms with E-state index in [-0.39, 0.29) is 17.5 Å². The van der Waals surface area contributed by atoms with E-state index in [0.717, 1.165) is 0 Å². The molecule has 0 heterocycles. The molecule has 0 saturated heterocycles. The van der Waals surface area contributed by atoms with Gasteiger partial charge in [-0.15, -0.1) is 0 Å². The van der Waals surface area contributed by atoms with Crippen LogP contribution in [-0.4, -0.2) is 17.5 Å². The Labute approximate surface area is 119 Å². The maximum Gasteiger partial charge on any atom is 0.153 e. The van der Waals surface area contributed by atoms with Gasteiger partial charge in [0.15, 0.2) is 11.6 Å². The second kappa shape index (κ2) is 6.20. The van der Waals surface area contributed by atoms with Gasteiger partial charge in [0, 0.05) is 18.2 Å². The maximum absolute atomic E-state index is 13.9. The molecule has 0 unspecified atom stereocenters. The largest absolute Gasteiger partial charge is 0.488 e. The summed E-state index contributed by atoms with van der Waals surface area (Å²) >= 11 is 0. The van der Waals surface area contributed by atoms with Gasteiger partial charge < -0.3 is 10.1 Å². The Morgan fingerprint density at radius 2 is 1.70 bits per heavy atom. The Morgan fingerprint density at radius 1 is 1.20 bits per heavy atom. The average Bonchev–Trinajstić information content (AvgIpc) is 2.19. The van der Waals surface area contributed by atoms with E-state index in [1.807, 2.05) is 34.6 Å². The molecule has 0 aromatic heterocycles. The van der Waals surface area contributed by atoms with Crippen LogP contribution in [0.4, 0.5) is 14.5 Å². The minimum Gasteiger partial charge on any atom is -0.488 e. The van der Waals surface area contributed by atoms with Crippen LogP contribution in [0.3, 0.4) is 0 Å². The van der Waals surface area contributed by atoms with Crippen molar-refractivity contribution in [1.29, 1.82) is 0 Å². The van der Waals surface area contributed by atoms with Gasteiger partial charge in [0.1, 0.15) is 17.0 Å². The zero-order chi connectivity index (χ0) is 15.5. The molecule has 1 rings (SSSR count). The van der Waals surface area contributed by atoms with Crippen molar-refractivity contribution < 1.29 is 13.5 Å². The van der Waals surface area contributed by atoms with Gasteiger partial charge in [0.05, 0.1) is 5.84 Å². The third-order valence-corrected chi connectivity index (χ3v) is 2.20. The highest BCUT2D eigenvalue weighted by molar-refractivity contribution is 5.93. The van der Waals surface area contributed by atoms with Crippen LogP contribution < -0.4 is 10.1 Å². The van der Waals surface area contributed by atoms with E-state index in [1.54, 1.807) is 6.92 Å². The first-order chi connectivity index (χ1) is 9.08. The summed E-state index contributed by atoms with van der Waals surface area (Å²) in [6.07, 6.45) is 0. The molecule has 0 aliphatic carbocycles. The molecule has 0 amide bonds.